The summed E-state index contributed by atoms with van der Waals surface area (Å²) < 4.78 is 18.3. The number of hydrogen-bond acceptors (Lipinski definition) is 6. The second kappa shape index (κ2) is 13.0. The molecule has 0 aliphatic carbocycles. The summed E-state index contributed by atoms with van der Waals surface area (Å²) >= 11 is 2.14. The molecule has 0 bridgehead atoms. The molecule has 4 rings (SSSR count). The molecule has 3 aromatic rings. The molecular formula is C31H31IN2O6. The quantitative estimate of drug-likeness (QED) is 0.156. The zero-order valence-corrected chi connectivity index (χ0v) is 25.0. The highest BCUT2D eigenvalue weighted by molar-refractivity contribution is 14.1. The minimum Gasteiger partial charge on any atom is -0.494 e. The van der Waals surface area contributed by atoms with E-state index in [0.717, 1.165) is 20.5 Å². The second-order valence-electron chi connectivity index (χ2n) is 9.27. The van der Waals surface area contributed by atoms with Gasteiger partial charge >= 0.3 is 6.03 Å². The van der Waals surface area contributed by atoms with Crippen LogP contribution in [0.3, 0.4) is 0 Å². The largest absolute Gasteiger partial charge is 0.494 e. The van der Waals surface area contributed by atoms with Gasteiger partial charge in [0.2, 0.25) is 0 Å². The number of aryl methyl sites for hydroxylation is 2. The molecule has 0 atom stereocenters. The molecule has 1 fully saturated rings. The SMILES string of the molecule is CCCOc1ccc(N2C(=O)NC(=O)/C(=C/c3cc(I)c(OCc4ccc(C)c(C)c4)c(OCC)c3)C2=O)cc1. The predicted octanol–water partition coefficient (Wildman–Crippen LogP) is 6.34. The van der Waals surface area contributed by atoms with Gasteiger partial charge in [0.1, 0.15) is 17.9 Å². The summed E-state index contributed by atoms with van der Waals surface area (Å²) in [6.07, 6.45) is 2.31. The van der Waals surface area contributed by atoms with Crippen LogP contribution in [0.4, 0.5) is 10.5 Å². The van der Waals surface area contributed by atoms with Gasteiger partial charge in [-0.2, -0.15) is 0 Å². The number of barbiturate groups is 1. The first-order chi connectivity index (χ1) is 19.2. The van der Waals surface area contributed by atoms with Gasteiger partial charge in [0.25, 0.3) is 11.8 Å². The van der Waals surface area contributed by atoms with Gasteiger partial charge in [-0.25, -0.2) is 9.69 Å². The van der Waals surface area contributed by atoms with E-state index < -0.39 is 17.8 Å². The molecule has 1 heterocycles. The molecule has 0 unspecified atom stereocenters. The molecule has 9 heteroatoms. The highest BCUT2D eigenvalue weighted by atomic mass is 127. The summed E-state index contributed by atoms with van der Waals surface area (Å²) in [5.74, 6) is 0.199. The van der Waals surface area contributed by atoms with Crippen LogP contribution in [0.25, 0.3) is 6.08 Å². The van der Waals surface area contributed by atoms with Gasteiger partial charge in [-0.1, -0.05) is 25.1 Å². The summed E-state index contributed by atoms with van der Waals surface area (Å²) in [6, 6.07) is 15.5. The van der Waals surface area contributed by atoms with Crippen molar-refractivity contribution in [1.29, 1.82) is 0 Å². The minimum absolute atomic E-state index is 0.173. The molecule has 40 heavy (non-hydrogen) atoms. The molecule has 1 saturated heterocycles. The first-order valence-corrected chi connectivity index (χ1v) is 14.1. The standard InChI is InChI=1S/C31H31IN2O6/c1-5-13-39-24-11-9-23(10-12-24)34-30(36)25(29(35)33-31(34)37)15-22-16-26(32)28(27(17-22)38-6-2)40-18-21-8-7-19(3)20(4)14-21/h7-12,14-17H,5-6,13,18H2,1-4H3,(H,33,35,37)/b25-15-. The smallest absolute Gasteiger partial charge is 0.335 e. The molecule has 3 aromatic carbocycles. The van der Waals surface area contributed by atoms with Crippen LogP contribution in [0.15, 0.2) is 60.2 Å². The van der Waals surface area contributed by atoms with Crippen LogP contribution >= 0.6 is 22.6 Å². The van der Waals surface area contributed by atoms with Crippen molar-refractivity contribution in [1.82, 2.24) is 5.32 Å². The van der Waals surface area contributed by atoms with Crippen molar-refractivity contribution < 1.29 is 28.6 Å². The number of ether oxygens (including phenoxy) is 3. The molecule has 8 nitrogen and oxygen atoms in total. The second-order valence-corrected chi connectivity index (χ2v) is 10.4. The highest BCUT2D eigenvalue weighted by Crippen LogP contribution is 2.36. The Morgan fingerprint density at radius 2 is 1.65 bits per heavy atom. The van der Waals surface area contributed by atoms with Crippen molar-refractivity contribution in [3.05, 3.63) is 86.0 Å². The Bertz CT molecular complexity index is 1470. The minimum atomic E-state index is -0.811. The highest BCUT2D eigenvalue weighted by Gasteiger charge is 2.37. The Balaban J connectivity index is 1.61. The van der Waals surface area contributed by atoms with Gasteiger partial charge in [0, 0.05) is 0 Å². The van der Waals surface area contributed by atoms with E-state index in [-0.39, 0.29) is 5.57 Å². The number of benzene rings is 3. The van der Waals surface area contributed by atoms with Crippen molar-refractivity contribution in [3.63, 3.8) is 0 Å². The van der Waals surface area contributed by atoms with Crippen molar-refractivity contribution in [3.8, 4) is 17.2 Å². The van der Waals surface area contributed by atoms with Gasteiger partial charge in [-0.3, -0.25) is 14.9 Å². The number of halogens is 1. The predicted molar refractivity (Wildman–Crippen MR) is 162 cm³/mol. The third kappa shape index (κ3) is 6.64. The molecule has 1 N–H and O–H groups in total. The van der Waals surface area contributed by atoms with E-state index in [1.807, 2.05) is 19.9 Å². The maximum absolute atomic E-state index is 13.4. The maximum atomic E-state index is 13.4. The molecule has 0 radical (unpaired) electrons. The number of rotatable bonds is 10. The summed E-state index contributed by atoms with van der Waals surface area (Å²) in [6.45, 7) is 9.31. The third-order valence-electron chi connectivity index (χ3n) is 6.27. The van der Waals surface area contributed by atoms with Gasteiger partial charge < -0.3 is 14.2 Å². The molecule has 0 saturated carbocycles. The normalized spacial score (nSPS) is 14.4. The van der Waals surface area contributed by atoms with Gasteiger partial charge in [0.15, 0.2) is 11.5 Å². The van der Waals surface area contributed by atoms with Crippen LogP contribution in [-0.4, -0.2) is 31.1 Å². The van der Waals surface area contributed by atoms with Gasteiger partial charge in [-0.15, -0.1) is 0 Å². The molecule has 208 valence electrons. The molecule has 0 aromatic heterocycles. The topological polar surface area (TPSA) is 94.2 Å². The number of hydrogen-bond donors (Lipinski definition) is 1. The Hall–Kier alpha value is -3.86. The van der Waals surface area contributed by atoms with Crippen LogP contribution in [0.5, 0.6) is 17.2 Å². The number of anilines is 1. The third-order valence-corrected chi connectivity index (χ3v) is 7.07. The maximum Gasteiger partial charge on any atom is 0.335 e. The summed E-state index contributed by atoms with van der Waals surface area (Å²) in [4.78, 5) is 39.6. The fourth-order valence-corrected chi connectivity index (χ4v) is 4.87. The first kappa shape index (κ1) is 29.1. The lowest BCUT2D eigenvalue weighted by Gasteiger charge is -2.26. The lowest BCUT2D eigenvalue weighted by atomic mass is 10.1. The summed E-state index contributed by atoms with van der Waals surface area (Å²) in [5, 5.41) is 2.26. The molecule has 0 spiro atoms. The lowest BCUT2D eigenvalue weighted by molar-refractivity contribution is -0.122. The number of nitrogens with one attached hydrogen (secondary N) is 1. The van der Waals surface area contributed by atoms with E-state index >= 15 is 0 Å². The van der Waals surface area contributed by atoms with E-state index in [1.165, 1.54) is 17.2 Å². The number of carbonyl (C=O) groups excluding carboxylic acids is 3. The number of amides is 4. The van der Waals surface area contributed by atoms with Crippen LogP contribution in [0, 0.1) is 17.4 Å². The average Bonchev–Trinajstić information content (AvgIpc) is 2.92. The Labute approximate surface area is 247 Å². The lowest BCUT2D eigenvalue weighted by Crippen LogP contribution is -2.54. The van der Waals surface area contributed by atoms with Crippen LogP contribution in [0.1, 0.15) is 42.5 Å². The summed E-state index contributed by atoms with van der Waals surface area (Å²) in [7, 11) is 0. The fourth-order valence-electron chi connectivity index (χ4n) is 4.09. The van der Waals surface area contributed by atoms with E-state index in [1.54, 1.807) is 36.4 Å². The van der Waals surface area contributed by atoms with E-state index in [4.69, 9.17) is 14.2 Å². The Morgan fingerprint density at radius 1 is 0.900 bits per heavy atom. The van der Waals surface area contributed by atoms with Crippen molar-refractivity contribution in [2.75, 3.05) is 18.1 Å². The Morgan fingerprint density at radius 3 is 2.33 bits per heavy atom. The molecular weight excluding hydrogens is 623 g/mol. The van der Waals surface area contributed by atoms with Gasteiger partial charge in [-0.05, 0) is 115 Å². The summed E-state index contributed by atoms with van der Waals surface area (Å²) in [5.41, 5.74) is 4.14. The molecule has 4 amide bonds. The average molecular weight is 655 g/mol. The zero-order valence-electron chi connectivity index (χ0n) is 22.9. The van der Waals surface area contributed by atoms with Crippen molar-refractivity contribution >= 4 is 52.2 Å². The number of urea groups is 1. The number of carbonyl (C=O) groups is 3. The van der Waals surface area contributed by atoms with Crippen LogP contribution < -0.4 is 24.4 Å². The van der Waals surface area contributed by atoms with Crippen LogP contribution in [-0.2, 0) is 16.2 Å². The first-order valence-electron chi connectivity index (χ1n) is 13.0. The number of imide groups is 2. The monoisotopic (exact) mass is 654 g/mol. The van der Waals surface area contributed by atoms with Crippen molar-refractivity contribution in [2.45, 2.75) is 40.7 Å². The van der Waals surface area contributed by atoms with Gasteiger partial charge in [0.05, 0.1) is 22.5 Å². The molecule has 1 aliphatic rings. The fraction of sp³-hybridized carbons (Fsp3) is 0.258. The van der Waals surface area contributed by atoms with Crippen LogP contribution in [0.2, 0.25) is 0 Å². The van der Waals surface area contributed by atoms with Crippen molar-refractivity contribution in [2.24, 2.45) is 0 Å². The van der Waals surface area contributed by atoms with E-state index in [0.29, 0.717) is 48.3 Å². The zero-order chi connectivity index (χ0) is 28.8. The molecule has 1 aliphatic heterocycles. The van der Waals surface area contributed by atoms with E-state index in [2.05, 4.69) is 53.9 Å². The Kier molecular flexibility index (Phi) is 9.46. The number of nitrogens with zero attached hydrogens (tertiary/aromatic N) is 1. The van der Waals surface area contributed by atoms with E-state index in [9.17, 15) is 14.4 Å².